The molecule has 3 N–H and O–H groups in total. The number of urea groups is 1. The summed E-state index contributed by atoms with van der Waals surface area (Å²) >= 11 is 0. The summed E-state index contributed by atoms with van der Waals surface area (Å²) in [5.74, 6) is 0. The fourth-order valence-electron chi connectivity index (χ4n) is 1.88. The van der Waals surface area contributed by atoms with Crippen LogP contribution in [0.15, 0.2) is 24.3 Å². The van der Waals surface area contributed by atoms with Gasteiger partial charge in [0, 0.05) is 12.6 Å². The molecule has 7 heteroatoms. The van der Waals surface area contributed by atoms with Gasteiger partial charge in [0.05, 0.1) is 11.3 Å². The molecule has 0 saturated heterocycles. The lowest BCUT2D eigenvalue weighted by Gasteiger charge is -2.27. The molecule has 0 saturated carbocycles. The number of rotatable bonds is 5. The summed E-state index contributed by atoms with van der Waals surface area (Å²) in [5.41, 5.74) is 4.30. The van der Waals surface area contributed by atoms with E-state index < -0.39 is 17.8 Å². The van der Waals surface area contributed by atoms with Gasteiger partial charge in [0.1, 0.15) is 0 Å². The van der Waals surface area contributed by atoms with Crippen LogP contribution in [0, 0.1) is 0 Å². The Balaban J connectivity index is 2.91. The fraction of sp³-hybridized carbons (Fsp3) is 0.500. The third-order valence-corrected chi connectivity index (χ3v) is 2.96. The number of carbonyl (C=O) groups excluding carboxylic acids is 1. The lowest BCUT2D eigenvalue weighted by Crippen LogP contribution is -2.41. The van der Waals surface area contributed by atoms with Crippen molar-refractivity contribution >= 4 is 11.7 Å². The number of anilines is 1. The Morgan fingerprint density at radius 3 is 2.48 bits per heavy atom. The van der Waals surface area contributed by atoms with Gasteiger partial charge in [0.25, 0.3) is 0 Å². The van der Waals surface area contributed by atoms with E-state index in [9.17, 15) is 18.0 Å². The molecule has 0 atom stereocenters. The second-order valence-electron chi connectivity index (χ2n) is 4.90. The maximum absolute atomic E-state index is 12.9. The largest absolute Gasteiger partial charge is 0.418 e. The number of carbonyl (C=O) groups is 1. The van der Waals surface area contributed by atoms with Gasteiger partial charge >= 0.3 is 12.2 Å². The molecule has 0 fully saturated rings. The van der Waals surface area contributed by atoms with Crippen molar-refractivity contribution in [3.05, 3.63) is 29.8 Å². The Labute approximate surface area is 122 Å². The van der Waals surface area contributed by atoms with Gasteiger partial charge in [0.15, 0.2) is 0 Å². The second-order valence-corrected chi connectivity index (χ2v) is 4.90. The quantitative estimate of drug-likeness (QED) is 0.877. The summed E-state index contributed by atoms with van der Waals surface area (Å²) in [6.07, 6.45) is -3.92. The molecule has 0 aromatic heterocycles. The first-order valence-corrected chi connectivity index (χ1v) is 6.71. The highest BCUT2D eigenvalue weighted by atomic mass is 19.4. The average Bonchev–Trinajstić information content (AvgIpc) is 2.38. The average molecular weight is 303 g/mol. The van der Waals surface area contributed by atoms with Crippen molar-refractivity contribution in [2.75, 3.05) is 18.4 Å². The van der Waals surface area contributed by atoms with Gasteiger partial charge in [-0.25, -0.2) is 4.79 Å². The molecular formula is C14H20F3N3O. The molecule has 0 radical (unpaired) electrons. The number of nitrogens with two attached hydrogens (primary N) is 1. The van der Waals surface area contributed by atoms with Crippen molar-refractivity contribution in [3.8, 4) is 0 Å². The summed E-state index contributed by atoms with van der Waals surface area (Å²) in [6.45, 7) is 4.40. The van der Waals surface area contributed by atoms with Crippen LogP contribution < -0.4 is 11.1 Å². The third-order valence-electron chi connectivity index (χ3n) is 2.96. The minimum Gasteiger partial charge on any atom is -0.330 e. The summed E-state index contributed by atoms with van der Waals surface area (Å²) in [7, 11) is 0. The highest BCUT2D eigenvalue weighted by Crippen LogP contribution is 2.34. The first-order valence-electron chi connectivity index (χ1n) is 6.71. The first-order chi connectivity index (χ1) is 9.77. The normalized spacial score (nSPS) is 11.6. The molecule has 4 nitrogen and oxygen atoms in total. The van der Waals surface area contributed by atoms with Gasteiger partial charge in [-0.15, -0.1) is 0 Å². The fourth-order valence-corrected chi connectivity index (χ4v) is 1.88. The molecule has 0 unspecified atom stereocenters. The van der Waals surface area contributed by atoms with Crippen LogP contribution in [0.4, 0.5) is 23.7 Å². The molecule has 0 aliphatic heterocycles. The summed E-state index contributed by atoms with van der Waals surface area (Å²) in [5, 5.41) is 2.33. The van der Waals surface area contributed by atoms with Gasteiger partial charge in [-0.3, -0.25) is 0 Å². The predicted molar refractivity (Wildman–Crippen MR) is 76.0 cm³/mol. The van der Waals surface area contributed by atoms with Crippen LogP contribution in [0.2, 0.25) is 0 Å². The van der Waals surface area contributed by atoms with E-state index in [0.717, 1.165) is 6.07 Å². The van der Waals surface area contributed by atoms with Crippen molar-refractivity contribution in [2.45, 2.75) is 32.5 Å². The van der Waals surface area contributed by atoms with Gasteiger partial charge in [-0.1, -0.05) is 12.1 Å². The molecule has 0 aliphatic rings. The minimum atomic E-state index is -4.51. The number of nitrogens with one attached hydrogen (secondary N) is 1. The summed E-state index contributed by atoms with van der Waals surface area (Å²) in [4.78, 5) is 13.6. The van der Waals surface area contributed by atoms with Crippen LogP contribution in [0.1, 0.15) is 25.8 Å². The van der Waals surface area contributed by atoms with Crippen LogP contribution >= 0.6 is 0 Å². The van der Waals surface area contributed by atoms with E-state index in [1.807, 2.05) is 0 Å². The van der Waals surface area contributed by atoms with E-state index in [4.69, 9.17) is 5.73 Å². The maximum Gasteiger partial charge on any atom is 0.418 e. The van der Waals surface area contributed by atoms with E-state index in [1.165, 1.54) is 23.1 Å². The number of para-hydroxylation sites is 1. The zero-order valence-electron chi connectivity index (χ0n) is 12.1. The van der Waals surface area contributed by atoms with E-state index >= 15 is 0 Å². The van der Waals surface area contributed by atoms with Gasteiger partial charge in [-0.2, -0.15) is 13.2 Å². The Bertz CT molecular complexity index is 475. The van der Waals surface area contributed by atoms with E-state index in [0.29, 0.717) is 19.5 Å². The predicted octanol–water partition coefficient (Wildman–Crippen LogP) is 3.30. The monoisotopic (exact) mass is 303 g/mol. The minimum absolute atomic E-state index is 0.130. The zero-order valence-corrected chi connectivity index (χ0v) is 12.1. The summed E-state index contributed by atoms with van der Waals surface area (Å²) < 4.78 is 38.6. The lowest BCUT2D eigenvalue weighted by molar-refractivity contribution is -0.136. The number of amides is 2. The number of hydrogen-bond acceptors (Lipinski definition) is 2. The highest BCUT2D eigenvalue weighted by molar-refractivity contribution is 5.90. The SMILES string of the molecule is CC(C)N(CCCN)C(=O)Nc1ccccc1C(F)(F)F. The lowest BCUT2D eigenvalue weighted by atomic mass is 10.1. The molecule has 1 rings (SSSR count). The Morgan fingerprint density at radius 1 is 1.33 bits per heavy atom. The van der Waals surface area contributed by atoms with Crippen LogP contribution in [-0.2, 0) is 6.18 Å². The topological polar surface area (TPSA) is 58.4 Å². The van der Waals surface area contributed by atoms with Crippen molar-refractivity contribution in [2.24, 2.45) is 5.73 Å². The van der Waals surface area contributed by atoms with Gasteiger partial charge in [-0.05, 0) is 38.9 Å². The van der Waals surface area contributed by atoms with Crippen molar-refractivity contribution in [3.63, 3.8) is 0 Å². The zero-order chi connectivity index (χ0) is 16.0. The first kappa shape index (κ1) is 17.3. The molecule has 21 heavy (non-hydrogen) atoms. The molecule has 1 aromatic carbocycles. The Morgan fingerprint density at radius 2 is 1.95 bits per heavy atom. The number of halogens is 3. The molecular weight excluding hydrogens is 283 g/mol. The standard InChI is InChI=1S/C14H20F3N3O/c1-10(2)20(9-5-8-18)13(21)19-12-7-4-3-6-11(12)14(15,16)17/h3-4,6-7,10H,5,8-9,18H2,1-2H3,(H,19,21). The number of hydrogen-bond donors (Lipinski definition) is 2. The van der Waals surface area contributed by atoms with E-state index in [-0.39, 0.29) is 11.7 Å². The van der Waals surface area contributed by atoms with Crippen molar-refractivity contribution in [1.82, 2.24) is 4.90 Å². The number of benzene rings is 1. The van der Waals surface area contributed by atoms with Gasteiger partial charge < -0.3 is 16.0 Å². The second kappa shape index (κ2) is 7.31. The molecule has 0 aliphatic carbocycles. The van der Waals surface area contributed by atoms with Crippen LogP contribution in [0.5, 0.6) is 0 Å². The van der Waals surface area contributed by atoms with Crippen molar-refractivity contribution < 1.29 is 18.0 Å². The summed E-state index contributed by atoms with van der Waals surface area (Å²) in [6, 6.07) is 4.22. The molecule has 1 aromatic rings. The van der Waals surface area contributed by atoms with Crippen molar-refractivity contribution in [1.29, 1.82) is 0 Å². The molecule has 0 bridgehead atoms. The molecule has 0 spiro atoms. The van der Waals surface area contributed by atoms with Gasteiger partial charge in [0.2, 0.25) is 0 Å². The van der Waals surface area contributed by atoms with E-state index in [2.05, 4.69) is 5.32 Å². The highest BCUT2D eigenvalue weighted by Gasteiger charge is 2.34. The van der Waals surface area contributed by atoms with Crippen LogP contribution in [0.3, 0.4) is 0 Å². The smallest absolute Gasteiger partial charge is 0.330 e. The molecule has 118 valence electrons. The Kier molecular flexibility index (Phi) is 6.02. The van der Waals surface area contributed by atoms with Crippen LogP contribution in [-0.4, -0.2) is 30.1 Å². The van der Waals surface area contributed by atoms with Crippen LogP contribution in [0.25, 0.3) is 0 Å². The number of alkyl halides is 3. The number of nitrogens with zero attached hydrogens (tertiary/aromatic N) is 1. The maximum atomic E-state index is 12.9. The third kappa shape index (κ3) is 4.93. The molecule has 0 heterocycles. The Hall–Kier alpha value is -1.76. The molecule has 2 amide bonds. The van der Waals surface area contributed by atoms with E-state index in [1.54, 1.807) is 13.8 Å².